The van der Waals surface area contributed by atoms with E-state index in [1.54, 1.807) is 12.4 Å². The molecular formula is C13H14N4O2. The Morgan fingerprint density at radius 3 is 2.95 bits per heavy atom. The van der Waals surface area contributed by atoms with Crippen molar-refractivity contribution in [2.24, 2.45) is 0 Å². The first-order valence-corrected chi connectivity index (χ1v) is 5.70. The Hall–Kier alpha value is -2.63. The number of hydrogen-bond donors (Lipinski definition) is 3. The number of aryl methyl sites for hydroxylation is 1. The monoisotopic (exact) mass is 258 g/mol. The van der Waals surface area contributed by atoms with Crippen molar-refractivity contribution in [3.63, 3.8) is 0 Å². The van der Waals surface area contributed by atoms with Crippen molar-refractivity contribution in [3.8, 4) is 0 Å². The van der Waals surface area contributed by atoms with E-state index in [1.165, 1.54) is 12.3 Å². The van der Waals surface area contributed by atoms with Crippen LogP contribution in [0, 0.1) is 6.92 Å². The minimum Gasteiger partial charge on any atom is -0.478 e. The van der Waals surface area contributed by atoms with Crippen molar-refractivity contribution in [2.75, 3.05) is 11.1 Å². The van der Waals surface area contributed by atoms with E-state index in [0.29, 0.717) is 18.1 Å². The molecule has 6 nitrogen and oxygen atoms in total. The van der Waals surface area contributed by atoms with Gasteiger partial charge in [0.2, 0.25) is 0 Å². The Labute approximate surface area is 110 Å². The van der Waals surface area contributed by atoms with Crippen LogP contribution in [0.15, 0.2) is 30.7 Å². The maximum absolute atomic E-state index is 11.1. The topological polar surface area (TPSA) is 101 Å². The van der Waals surface area contributed by atoms with Crippen molar-refractivity contribution in [1.29, 1.82) is 0 Å². The molecule has 2 aromatic heterocycles. The van der Waals surface area contributed by atoms with Gasteiger partial charge in [0.05, 0.1) is 11.9 Å². The van der Waals surface area contributed by atoms with Crippen LogP contribution in [0.4, 0.5) is 11.5 Å². The van der Waals surface area contributed by atoms with Gasteiger partial charge in [0.15, 0.2) is 0 Å². The predicted molar refractivity (Wildman–Crippen MR) is 71.9 cm³/mol. The molecule has 6 heteroatoms. The third kappa shape index (κ3) is 2.98. The highest BCUT2D eigenvalue weighted by Crippen LogP contribution is 2.17. The number of carbonyl (C=O) groups is 1. The highest BCUT2D eigenvalue weighted by atomic mass is 16.4. The van der Waals surface area contributed by atoms with Gasteiger partial charge < -0.3 is 16.2 Å². The van der Waals surface area contributed by atoms with Crippen LogP contribution in [0.3, 0.4) is 0 Å². The molecule has 98 valence electrons. The first-order valence-electron chi connectivity index (χ1n) is 5.70. The number of aromatic carboxylic acids is 1. The molecule has 4 N–H and O–H groups in total. The van der Waals surface area contributed by atoms with Gasteiger partial charge in [-0.3, -0.25) is 4.98 Å². The molecule has 2 aromatic rings. The van der Waals surface area contributed by atoms with Crippen molar-refractivity contribution in [3.05, 3.63) is 47.4 Å². The van der Waals surface area contributed by atoms with Crippen LogP contribution in [0.2, 0.25) is 0 Å². The molecule has 0 aliphatic rings. The largest absolute Gasteiger partial charge is 0.478 e. The van der Waals surface area contributed by atoms with E-state index < -0.39 is 5.97 Å². The summed E-state index contributed by atoms with van der Waals surface area (Å²) in [4.78, 5) is 19.1. The second kappa shape index (κ2) is 5.34. The van der Waals surface area contributed by atoms with Gasteiger partial charge in [-0.05, 0) is 30.2 Å². The molecule has 2 rings (SSSR count). The van der Waals surface area contributed by atoms with Crippen LogP contribution in [-0.2, 0) is 6.54 Å². The number of anilines is 2. The molecular weight excluding hydrogens is 244 g/mol. The number of pyridine rings is 2. The zero-order chi connectivity index (χ0) is 13.8. The number of rotatable bonds is 4. The highest BCUT2D eigenvalue weighted by molar-refractivity contribution is 5.94. The van der Waals surface area contributed by atoms with Gasteiger partial charge in [0, 0.05) is 18.9 Å². The van der Waals surface area contributed by atoms with E-state index in [9.17, 15) is 4.79 Å². The molecule has 19 heavy (non-hydrogen) atoms. The summed E-state index contributed by atoms with van der Waals surface area (Å²) in [5.74, 6) is -0.758. The maximum atomic E-state index is 11.1. The third-order valence-corrected chi connectivity index (χ3v) is 2.72. The smallest absolute Gasteiger partial charge is 0.339 e. The minimum atomic E-state index is -1.06. The van der Waals surface area contributed by atoms with E-state index in [-0.39, 0.29) is 5.56 Å². The second-order valence-corrected chi connectivity index (χ2v) is 4.13. The lowest BCUT2D eigenvalue weighted by Gasteiger charge is -2.10. The first kappa shape index (κ1) is 12.8. The van der Waals surface area contributed by atoms with Gasteiger partial charge in [-0.2, -0.15) is 0 Å². The van der Waals surface area contributed by atoms with Crippen molar-refractivity contribution in [2.45, 2.75) is 13.5 Å². The molecule has 0 saturated carbocycles. The Morgan fingerprint density at radius 1 is 1.47 bits per heavy atom. The summed E-state index contributed by atoms with van der Waals surface area (Å²) < 4.78 is 0. The molecule has 0 aromatic carbocycles. The van der Waals surface area contributed by atoms with E-state index in [1.807, 2.05) is 13.0 Å². The molecule has 0 bridgehead atoms. The number of hydrogen-bond acceptors (Lipinski definition) is 5. The van der Waals surface area contributed by atoms with Gasteiger partial charge in [0.1, 0.15) is 11.4 Å². The summed E-state index contributed by atoms with van der Waals surface area (Å²) in [6.45, 7) is 2.42. The van der Waals surface area contributed by atoms with Crippen LogP contribution < -0.4 is 11.1 Å². The predicted octanol–water partition coefficient (Wildman–Crippen LogP) is 1.68. The van der Waals surface area contributed by atoms with Crippen LogP contribution in [0.1, 0.15) is 21.5 Å². The van der Waals surface area contributed by atoms with Crippen molar-refractivity contribution in [1.82, 2.24) is 9.97 Å². The summed E-state index contributed by atoms with van der Waals surface area (Å²) in [7, 11) is 0. The average Bonchev–Trinajstić information content (AvgIpc) is 2.38. The van der Waals surface area contributed by atoms with Crippen LogP contribution in [-0.4, -0.2) is 21.0 Å². The first-order chi connectivity index (χ1) is 9.08. The maximum Gasteiger partial charge on any atom is 0.339 e. The van der Waals surface area contributed by atoms with Gasteiger partial charge in [0.25, 0.3) is 0 Å². The molecule has 0 radical (unpaired) electrons. The number of nitrogens with zero attached hydrogens (tertiary/aromatic N) is 2. The Bertz CT molecular complexity index is 613. The number of aromatic nitrogens is 2. The molecule has 2 heterocycles. The van der Waals surface area contributed by atoms with E-state index in [4.69, 9.17) is 10.8 Å². The molecule has 0 aliphatic heterocycles. The van der Waals surface area contributed by atoms with Gasteiger partial charge in [-0.1, -0.05) is 0 Å². The summed E-state index contributed by atoms with van der Waals surface area (Å²) >= 11 is 0. The van der Waals surface area contributed by atoms with Crippen LogP contribution in [0.5, 0.6) is 0 Å². The number of carboxylic acids is 1. The van der Waals surface area contributed by atoms with Crippen LogP contribution >= 0.6 is 0 Å². The SMILES string of the molecule is Cc1cnccc1CNc1ncc(N)cc1C(=O)O. The third-order valence-electron chi connectivity index (χ3n) is 2.72. The number of nitrogens with one attached hydrogen (secondary N) is 1. The fourth-order valence-electron chi connectivity index (χ4n) is 1.66. The Kier molecular flexibility index (Phi) is 3.61. The van der Waals surface area contributed by atoms with E-state index >= 15 is 0 Å². The molecule has 0 aliphatic carbocycles. The van der Waals surface area contributed by atoms with Crippen LogP contribution in [0.25, 0.3) is 0 Å². The fraction of sp³-hybridized carbons (Fsp3) is 0.154. The standard InChI is InChI=1S/C13H14N4O2/c1-8-5-15-3-2-9(8)6-16-12-11(13(18)19)4-10(14)7-17-12/h2-5,7H,6,14H2,1H3,(H,16,17)(H,18,19). The van der Waals surface area contributed by atoms with Gasteiger partial charge in [-0.15, -0.1) is 0 Å². The van der Waals surface area contributed by atoms with E-state index in [2.05, 4.69) is 15.3 Å². The molecule has 0 fully saturated rings. The zero-order valence-electron chi connectivity index (χ0n) is 10.4. The number of nitrogens with two attached hydrogens (primary N) is 1. The summed E-state index contributed by atoms with van der Waals surface area (Å²) in [6, 6.07) is 3.26. The molecule has 0 spiro atoms. The quantitative estimate of drug-likeness (QED) is 0.771. The van der Waals surface area contributed by atoms with Crippen molar-refractivity contribution < 1.29 is 9.90 Å². The second-order valence-electron chi connectivity index (χ2n) is 4.13. The molecule has 0 unspecified atom stereocenters. The van der Waals surface area contributed by atoms with Gasteiger partial charge in [-0.25, -0.2) is 9.78 Å². The highest BCUT2D eigenvalue weighted by Gasteiger charge is 2.12. The summed E-state index contributed by atoms with van der Waals surface area (Å²) in [5.41, 5.74) is 7.98. The average molecular weight is 258 g/mol. The minimum absolute atomic E-state index is 0.0618. The molecule has 0 amide bonds. The summed E-state index contributed by atoms with van der Waals surface area (Å²) in [6.07, 6.45) is 4.87. The lowest BCUT2D eigenvalue weighted by atomic mass is 10.1. The lowest BCUT2D eigenvalue weighted by Crippen LogP contribution is -2.09. The molecule has 0 saturated heterocycles. The van der Waals surface area contributed by atoms with Gasteiger partial charge >= 0.3 is 5.97 Å². The zero-order valence-corrected chi connectivity index (χ0v) is 10.4. The Morgan fingerprint density at radius 2 is 2.26 bits per heavy atom. The fourth-order valence-corrected chi connectivity index (χ4v) is 1.66. The molecule has 0 atom stereocenters. The summed E-state index contributed by atoms with van der Waals surface area (Å²) in [5, 5.41) is 12.1. The number of nitrogen functional groups attached to an aromatic ring is 1. The van der Waals surface area contributed by atoms with E-state index in [0.717, 1.165) is 11.1 Å². The lowest BCUT2D eigenvalue weighted by molar-refractivity contribution is 0.0697. The van der Waals surface area contributed by atoms with Crippen molar-refractivity contribution >= 4 is 17.5 Å². The normalized spacial score (nSPS) is 10.2. The Balaban J connectivity index is 2.20. The number of carboxylic acid groups (broad SMARTS) is 1.